The average molecular weight is 356 g/mol. The summed E-state index contributed by atoms with van der Waals surface area (Å²) in [6, 6.07) is 9.25. The van der Waals surface area contributed by atoms with Crippen molar-refractivity contribution in [2.24, 2.45) is 0 Å². The molecule has 2 aromatic carbocycles. The van der Waals surface area contributed by atoms with E-state index in [0.717, 1.165) is 35.0 Å². The Morgan fingerprint density at radius 3 is 2.69 bits per heavy atom. The Bertz CT molecular complexity index is 1060. The van der Waals surface area contributed by atoms with Crippen LogP contribution in [0.2, 0.25) is 0 Å². The summed E-state index contributed by atoms with van der Waals surface area (Å²) < 4.78 is 38.6. The molecule has 2 heterocycles. The molecule has 0 saturated carbocycles. The summed E-state index contributed by atoms with van der Waals surface area (Å²) in [5.74, 6) is -0.402. The highest BCUT2D eigenvalue weighted by Crippen LogP contribution is 2.39. The predicted molar refractivity (Wildman–Crippen MR) is 95.6 cm³/mol. The molecule has 0 bridgehead atoms. The van der Waals surface area contributed by atoms with E-state index in [9.17, 15) is 18.0 Å². The fourth-order valence-electron chi connectivity index (χ4n) is 3.32. The Morgan fingerprint density at radius 2 is 1.96 bits per heavy atom. The lowest BCUT2D eigenvalue weighted by Gasteiger charge is -2.08. The molecule has 0 spiro atoms. The number of carbonyl (C=O) groups excluding carboxylic acids is 1. The van der Waals surface area contributed by atoms with Gasteiger partial charge in [-0.25, -0.2) is 0 Å². The molecule has 26 heavy (non-hydrogen) atoms. The molecular weight excluding hydrogens is 341 g/mol. The number of amides is 1. The zero-order valence-corrected chi connectivity index (χ0v) is 13.9. The minimum atomic E-state index is -4.44. The first-order chi connectivity index (χ1) is 12.4. The zero-order chi connectivity index (χ0) is 18.5. The number of aryl methyl sites for hydroxylation is 1. The van der Waals surface area contributed by atoms with Gasteiger partial charge in [0.2, 0.25) is 0 Å². The van der Waals surface area contributed by atoms with Gasteiger partial charge < -0.3 is 10.3 Å². The van der Waals surface area contributed by atoms with Crippen molar-refractivity contribution < 1.29 is 18.0 Å². The predicted octanol–water partition coefficient (Wildman–Crippen LogP) is 5.24. The van der Waals surface area contributed by atoms with Crippen LogP contribution in [0.1, 0.15) is 29.2 Å². The van der Waals surface area contributed by atoms with Gasteiger partial charge in [0.25, 0.3) is 5.91 Å². The van der Waals surface area contributed by atoms with Crippen LogP contribution in [0.4, 0.5) is 18.9 Å². The number of H-pyrrole nitrogens is 1. The third kappa shape index (κ3) is 2.58. The lowest BCUT2D eigenvalue weighted by atomic mass is 10.0. The SMILES string of the molecule is CCc1cccc2c(/C=C3/C(=O)Nc4cc(C(F)(F)F)ccc43)c[nH]c12. The number of aromatic amines is 1. The Morgan fingerprint density at radius 1 is 1.15 bits per heavy atom. The van der Waals surface area contributed by atoms with Crippen molar-refractivity contribution in [2.45, 2.75) is 19.5 Å². The minimum Gasteiger partial charge on any atom is -0.360 e. The van der Waals surface area contributed by atoms with Crippen LogP contribution in [0.5, 0.6) is 0 Å². The molecule has 0 atom stereocenters. The largest absolute Gasteiger partial charge is 0.416 e. The first-order valence-electron chi connectivity index (χ1n) is 8.22. The van der Waals surface area contributed by atoms with E-state index < -0.39 is 17.6 Å². The van der Waals surface area contributed by atoms with Crippen LogP contribution in [0.3, 0.4) is 0 Å². The Kier molecular flexibility index (Phi) is 3.64. The molecule has 1 amide bonds. The van der Waals surface area contributed by atoms with E-state index in [1.54, 1.807) is 6.08 Å². The number of halogens is 3. The van der Waals surface area contributed by atoms with Gasteiger partial charge in [-0.1, -0.05) is 31.2 Å². The number of nitrogens with one attached hydrogen (secondary N) is 2. The molecule has 0 radical (unpaired) electrons. The monoisotopic (exact) mass is 356 g/mol. The maximum absolute atomic E-state index is 12.9. The van der Waals surface area contributed by atoms with Crippen LogP contribution in [-0.2, 0) is 17.4 Å². The quantitative estimate of drug-likeness (QED) is 0.606. The van der Waals surface area contributed by atoms with Crippen LogP contribution in [0.15, 0.2) is 42.6 Å². The maximum Gasteiger partial charge on any atom is 0.416 e. The number of hydrogen-bond acceptors (Lipinski definition) is 1. The number of rotatable bonds is 2. The van der Waals surface area contributed by atoms with Gasteiger partial charge >= 0.3 is 6.18 Å². The van der Waals surface area contributed by atoms with Gasteiger partial charge in [-0.15, -0.1) is 0 Å². The van der Waals surface area contributed by atoms with Gasteiger partial charge in [0, 0.05) is 39.5 Å². The molecular formula is C20H15F3N2O. The molecule has 0 aliphatic carbocycles. The first-order valence-corrected chi connectivity index (χ1v) is 8.22. The number of anilines is 1. The highest BCUT2D eigenvalue weighted by Gasteiger charge is 2.33. The normalized spacial score (nSPS) is 15.5. The lowest BCUT2D eigenvalue weighted by molar-refractivity contribution is -0.137. The second kappa shape index (κ2) is 5.76. The third-order valence-electron chi connectivity index (χ3n) is 4.64. The van der Waals surface area contributed by atoms with Crippen LogP contribution < -0.4 is 5.32 Å². The van der Waals surface area contributed by atoms with E-state index in [2.05, 4.69) is 17.2 Å². The molecule has 2 N–H and O–H groups in total. The topological polar surface area (TPSA) is 44.9 Å². The van der Waals surface area contributed by atoms with Gasteiger partial charge in [-0.05, 0) is 30.2 Å². The van der Waals surface area contributed by atoms with Gasteiger partial charge in [0.05, 0.1) is 5.56 Å². The standard InChI is InChI=1S/C20H15F3N2O/c1-2-11-4-3-5-14-12(10-24-18(11)14)8-16-15-7-6-13(20(21,22)23)9-17(15)25-19(16)26/h3-10,24H,2H2,1H3,(H,25,26)/b16-8+. The second-order valence-electron chi connectivity index (χ2n) is 6.21. The molecule has 6 heteroatoms. The number of carbonyl (C=O) groups is 1. The number of benzene rings is 2. The summed E-state index contributed by atoms with van der Waals surface area (Å²) in [7, 11) is 0. The molecule has 1 aromatic heterocycles. The molecule has 3 aromatic rings. The summed E-state index contributed by atoms with van der Waals surface area (Å²) >= 11 is 0. The van der Waals surface area contributed by atoms with Crippen LogP contribution >= 0.6 is 0 Å². The Hall–Kier alpha value is -3.02. The number of alkyl halides is 3. The molecule has 0 unspecified atom stereocenters. The van der Waals surface area contributed by atoms with E-state index in [0.29, 0.717) is 11.1 Å². The second-order valence-corrected chi connectivity index (χ2v) is 6.21. The fraction of sp³-hybridized carbons (Fsp3) is 0.150. The minimum absolute atomic E-state index is 0.185. The van der Waals surface area contributed by atoms with Crippen molar-refractivity contribution >= 4 is 34.1 Å². The summed E-state index contributed by atoms with van der Waals surface area (Å²) in [5.41, 5.74) is 3.24. The molecule has 1 aliphatic rings. The van der Waals surface area contributed by atoms with Crippen molar-refractivity contribution in [1.29, 1.82) is 0 Å². The highest BCUT2D eigenvalue weighted by molar-refractivity contribution is 6.35. The Balaban J connectivity index is 1.82. The third-order valence-corrected chi connectivity index (χ3v) is 4.64. The average Bonchev–Trinajstić information content (AvgIpc) is 3.15. The maximum atomic E-state index is 12.9. The van der Waals surface area contributed by atoms with Crippen LogP contribution in [0, 0.1) is 0 Å². The van der Waals surface area contributed by atoms with Gasteiger partial charge in [0.15, 0.2) is 0 Å². The number of aromatic nitrogens is 1. The lowest BCUT2D eigenvalue weighted by Crippen LogP contribution is -2.06. The van der Waals surface area contributed by atoms with Crippen molar-refractivity contribution in [3.05, 3.63) is 64.8 Å². The fourth-order valence-corrected chi connectivity index (χ4v) is 3.32. The van der Waals surface area contributed by atoms with E-state index in [1.165, 1.54) is 11.6 Å². The molecule has 3 nitrogen and oxygen atoms in total. The highest BCUT2D eigenvalue weighted by atomic mass is 19.4. The van der Waals surface area contributed by atoms with Crippen LogP contribution in [0.25, 0.3) is 22.6 Å². The van der Waals surface area contributed by atoms with Gasteiger partial charge in [-0.3, -0.25) is 4.79 Å². The smallest absolute Gasteiger partial charge is 0.360 e. The molecule has 0 fully saturated rings. The van der Waals surface area contributed by atoms with E-state index >= 15 is 0 Å². The zero-order valence-electron chi connectivity index (χ0n) is 13.9. The molecule has 0 saturated heterocycles. The van der Waals surface area contributed by atoms with Crippen molar-refractivity contribution in [3.63, 3.8) is 0 Å². The number of hydrogen-bond donors (Lipinski definition) is 2. The van der Waals surface area contributed by atoms with E-state index in [1.807, 2.05) is 24.4 Å². The summed E-state index contributed by atoms with van der Waals surface area (Å²) in [4.78, 5) is 15.5. The van der Waals surface area contributed by atoms with Gasteiger partial charge in [0.1, 0.15) is 0 Å². The van der Waals surface area contributed by atoms with E-state index in [4.69, 9.17) is 0 Å². The van der Waals surface area contributed by atoms with Crippen molar-refractivity contribution in [3.8, 4) is 0 Å². The van der Waals surface area contributed by atoms with Crippen molar-refractivity contribution in [1.82, 2.24) is 4.98 Å². The first kappa shape index (κ1) is 16.4. The van der Waals surface area contributed by atoms with E-state index in [-0.39, 0.29) is 5.69 Å². The molecule has 4 rings (SSSR count). The Labute approximate surface area is 147 Å². The number of para-hydroxylation sites is 1. The summed E-state index contributed by atoms with van der Waals surface area (Å²) in [6.45, 7) is 2.06. The molecule has 132 valence electrons. The molecule has 1 aliphatic heterocycles. The van der Waals surface area contributed by atoms with Crippen LogP contribution in [-0.4, -0.2) is 10.9 Å². The van der Waals surface area contributed by atoms with Crippen molar-refractivity contribution in [2.75, 3.05) is 5.32 Å². The summed E-state index contributed by atoms with van der Waals surface area (Å²) in [5, 5.41) is 3.50. The van der Waals surface area contributed by atoms with Gasteiger partial charge in [-0.2, -0.15) is 13.2 Å². The summed E-state index contributed by atoms with van der Waals surface area (Å²) in [6.07, 6.45) is -0.0457. The number of fused-ring (bicyclic) bond motifs is 2.